The molecule has 0 aliphatic carbocycles. The van der Waals surface area contributed by atoms with E-state index in [0.29, 0.717) is 12.1 Å². The average Bonchev–Trinajstić information content (AvgIpc) is 3.39. The lowest BCUT2D eigenvalue weighted by Gasteiger charge is -2.39. The molecule has 0 unspecified atom stereocenters. The smallest absolute Gasteiger partial charge is 0.231 e. The highest BCUT2D eigenvalue weighted by Crippen LogP contribution is 2.64. The molecule has 0 spiro atoms. The molecule has 2 nitrogen and oxygen atoms in total. The second-order valence-electron chi connectivity index (χ2n) is 9.40. The van der Waals surface area contributed by atoms with Gasteiger partial charge in [-0.15, -0.1) is 0 Å². The highest BCUT2D eigenvalue weighted by atomic mass is 19.4. The molecule has 2 rings (SSSR count). The molecule has 1 heterocycles. The maximum absolute atomic E-state index is 14.9. The predicted molar refractivity (Wildman–Crippen MR) is 103 cm³/mol. The lowest BCUT2D eigenvalue weighted by molar-refractivity contribution is -0.442. The lowest BCUT2D eigenvalue weighted by atomic mass is 9.91. The Morgan fingerprint density at radius 1 is 0.367 bits per heavy atom. The highest BCUT2D eigenvalue weighted by molar-refractivity contribution is 5.37. The topological polar surface area (TPSA) is 17.8 Å². The van der Waals surface area contributed by atoms with Crippen molar-refractivity contribution in [3.63, 3.8) is 0 Å². The fourth-order valence-corrected chi connectivity index (χ4v) is 3.38. The molecule has 282 valence electrons. The summed E-state index contributed by atoms with van der Waals surface area (Å²) < 4.78 is 352. The van der Waals surface area contributed by atoms with Gasteiger partial charge < -0.3 is 0 Å². The number of hydrogen-bond acceptors (Lipinski definition) is 1. The van der Waals surface area contributed by atoms with Crippen LogP contribution in [-0.2, 0) is 11.8 Å². The van der Waals surface area contributed by atoms with Gasteiger partial charge in [0, 0.05) is 0 Å². The number of halogens is 26. The average molecular weight is 780 g/mol. The molecule has 1 aromatic carbocycles. The van der Waals surface area contributed by atoms with Crippen LogP contribution in [0.25, 0.3) is 5.69 Å². The van der Waals surface area contributed by atoms with Crippen LogP contribution in [0.15, 0.2) is 36.4 Å². The van der Waals surface area contributed by atoms with Gasteiger partial charge >= 0.3 is 71.6 Å². The standard InChI is InChI=1S/C21H6F26N2/c22-10(23,12(26,27)14(30,31)16(34,35)18(38,39)20(42,43)44)8-6-9(49(48-8)7-4-2-1-3-5-7)11(24,25)13(28,29)15(32,33)17(36,37)19(40,41)21(45,46)47/h1-6H. The minimum atomic E-state index is -8.68. The highest BCUT2D eigenvalue weighted by Gasteiger charge is 2.93. The van der Waals surface area contributed by atoms with Crippen molar-refractivity contribution in [3.8, 4) is 5.69 Å². The summed E-state index contributed by atoms with van der Waals surface area (Å²) in [5.74, 6) is -83.5. The van der Waals surface area contributed by atoms with Crippen LogP contribution in [0.3, 0.4) is 0 Å². The molecule has 0 atom stereocenters. The van der Waals surface area contributed by atoms with Crippen molar-refractivity contribution >= 4 is 0 Å². The molecule has 0 fully saturated rings. The summed E-state index contributed by atoms with van der Waals surface area (Å²) in [7, 11) is 0. The Bertz CT molecular complexity index is 1490. The predicted octanol–water partition coefficient (Wildman–Crippen LogP) is 10.3. The van der Waals surface area contributed by atoms with E-state index in [-0.39, 0.29) is 12.1 Å². The Labute approximate surface area is 250 Å². The summed E-state index contributed by atoms with van der Waals surface area (Å²) in [6.45, 7) is 0. The Morgan fingerprint density at radius 2 is 0.673 bits per heavy atom. The van der Waals surface area contributed by atoms with Crippen LogP contribution in [0.4, 0.5) is 114 Å². The van der Waals surface area contributed by atoms with E-state index in [1.54, 1.807) is 0 Å². The first-order chi connectivity index (χ1) is 21.2. The van der Waals surface area contributed by atoms with Gasteiger partial charge in [-0.3, -0.25) is 0 Å². The van der Waals surface area contributed by atoms with E-state index < -0.39 is 99.4 Å². The van der Waals surface area contributed by atoms with E-state index in [0.717, 1.165) is 6.07 Å². The van der Waals surface area contributed by atoms with Crippen LogP contribution >= 0.6 is 0 Å². The van der Waals surface area contributed by atoms with Crippen LogP contribution in [-0.4, -0.2) is 69.5 Å². The summed E-state index contributed by atoms with van der Waals surface area (Å²) in [5, 5.41) is 1.86. The van der Waals surface area contributed by atoms with E-state index in [9.17, 15) is 114 Å². The molecule has 2 aromatic rings. The first-order valence-electron chi connectivity index (χ1n) is 11.3. The molecule has 0 radical (unpaired) electrons. The van der Waals surface area contributed by atoms with Gasteiger partial charge in [0.15, 0.2) is 0 Å². The maximum atomic E-state index is 14.9. The van der Waals surface area contributed by atoms with Gasteiger partial charge in [0.2, 0.25) is 0 Å². The number of aromatic nitrogens is 2. The normalized spacial score (nSPS) is 16.0. The third-order valence-corrected chi connectivity index (χ3v) is 6.22. The first-order valence-corrected chi connectivity index (χ1v) is 11.3. The van der Waals surface area contributed by atoms with Crippen molar-refractivity contribution in [1.82, 2.24) is 9.78 Å². The molecule has 28 heteroatoms. The van der Waals surface area contributed by atoms with Crippen molar-refractivity contribution in [2.45, 2.75) is 71.6 Å². The number of nitrogens with zero attached hydrogens (tertiary/aromatic N) is 2. The molecule has 49 heavy (non-hydrogen) atoms. The Balaban J connectivity index is 2.97. The van der Waals surface area contributed by atoms with E-state index in [2.05, 4.69) is 0 Å². The zero-order chi connectivity index (χ0) is 39.3. The zero-order valence-electron chi connectivity index (χ0n) is 21.7. The third kappa shape index (κ3) is 5.39. The van der Waals surface area contributed by atoms with Crippen molar-refractivity contribution in [1.29, 1.82) is 0 Å². The van der Waals surface area contributed by atoms with Gasteiger partial charge in [0.25, 0.3) is 0 Å². The Kier molecular flexibility index (Phi) is 9.42. The monoisotopic (exact) mass is 780 g/mol. The van der Waals surface area contributed by atoms with Gasteiger partial charge in [-0.05, 0) is 18.2 Å². The molecule has 1 aromatic heterocycles. The summed E-state index contributed by atoms with van der Waals surface area (Å²) in [5.41, 5.74) is -9.17. The minimum absolute atomic E-state index is 0.113. The third-order valence-electron chi connectivity index (χ3n) is 6.22. The zero-order valence-corrected chi connectivity index (χ0v) is 21.7. The number of alkyl halides is 26. The molecular formula is C21H6F26N2. The van der Waals surface area contributed by atoms with Gasteiger partial charge in [0.1, 0.15) is 11.4 Å². The summed E-state index contributed by atoms with van der Waals surface area (Å²) >= 11 is 0. The maximum Gasteiger partial charge on any atom is 0.460 e. The molecule has 0 saturated heterocycles. The second kappa shape index (κ2) is 11.1. The molecule has 0 aliphatic rings. The second-order valence-corrected chi connectivity index (χ2v) is 9.40. The minimum Gasteiger partial charge on any atom is -0.231 e. The molecular weight excluding hydrogens is 774 g/mol. The molecule has 0 saturated carbocycles. The van der Waals surface area contributed by atoms with E-state index >= 15 is 0 Å². The molecule has 0 N–H and O–H groups in total. The quantitative estimate of drug-likeness (QED) is 0.208. The van der Waals surface area contributed by atoms with Crippen LogP contribution in [0.1, 0.15) is 11.4 Å². The van der Waals surface area contributed by atoms with E-state index in [1.165, 1.54) is 0 Å². The molecule has 0 aliphatic heterocycles. The van der Waals surface area contributed by atoms with Crippen LogP contribution in [0.2, 0.25) is 0 Å². The van der Waals surface area contributed by atoms with Crippen molar-refractivity contribution < 1.29 is 114 Å². The van der Waals surface area contributed by atoms with Crippen LogP contribution in [0, 0.1) is 0 Å². The van der Waals surface area contributed by atoms with E-state index in [4.69, 9.17) is 0 Å². The van der Waals surface area contributed by atoms with Crippen molar-refractivity contribution in [3.05, 3.63) is 47.8 Å². The Morgan fingerprint density at radius 3 is 1.00 bits per heavy atom. The summed E-state index contributed by atoms with van der Waals surface area (Å²) in [6.07, 6.45) is -15.9. The van der Waals surface area contributed by atoms with Crippen molar-refractivity contribution in [2.24, 2.45) is 0 Å². The van der Waals surface area contributed by atoms with Gasteiger partial charge in [-0.1, -0.05) is 18.2 Å². The van der Waals surface area contributed by atoms with Crippen molar-refractivity contribution in [2.75, 3.05) is 0 Å². The van der Waals surface area contributed by atoms with Crippen LogP contribution in [0.5, 0.6) is 0 Å². The SMILES string of the molecule is FC(F)(F)C(F)(F)C(F)(F)C(F)(F)C(F)(F)C(F)(F)c1cc(C(F)(F)C(F)(F)C(F)(F)C(F)(F)C(F)(F)C(F)(F)F)n(-c2ccccc2)n1. The fourth-order valence-electron chi connectivity index (χ4n) is 3.38. The van der Waals surface area contributed by atoms with E-state index in [1.807, 2.05) is 5.10 Å². The summed E-state index contributed by atoms with van der Waals surface area (Å²) in [4.78, 5) is 0. The van der Waals surface area contributed by atoms with Crippen LogP contribution < -0.4 is 0 Å². The lowest BCUT2D eigenvalue weighted by Crippen LogP contribution is -2.69. The first kappa shape index (κ1) is 41.8. The van der Waals surface area contributed by atoms with Gasteiger partial charge in [-0.25, -0.2) is 4.68 Å². The number of rotatable bonds is 11. The number of benzene rings is 1. The molecule has 0 amide bonds. The summed E-state index contributed by atoms with van der Waals surface area (Å²) in [6, 6.07) is -0.0143. The Hall–Kier alpha value is -3.39. The number of para-hydroxylation sites is 1. The largest absolute Gasteiger partial charge is 0.460 e. The molecule has 0 bridgehead atoms. The number of hydrogen-bond donors (Lipinski definition) is 0. The van der Waals surface area contributed by atoms with Gasteiger partial charge in [-0.2, -0.15) is 119 Å². The fraction of sp³-hybridized carbons (Fsp3) is 0.571. The van der Waals surface area contributed by atoms with Gasteiger partial charge in [0.05, 0.1) is 5.69 Å².